The molecule has 0 radical (unpaired) electrons. The molecule has 1 unspecified atom stereocenters. The van der Waals surface area contributed by atoms with Gasteiger partial charge in [-0.25, -0.2) is 4.79 Å². The highest BCUT2D eigenvalue weighted by molar-refractivity contribution is 9.10. The van der Waals surface area contributed by atoms with E-state index in [-0.39, 0.29) is 11.6 Å². The summed E-state index contributed by atoms with van der Waals surface area (Å²) in [5.41, 5.74) is 0.900. The number of aromatic carboxylic acids is 1. The summed E-state index contributed by atoms with van der Waals surface area (Å²) >= 11 is 3.36. The molecule has 2 N–H and O–H groups in total. The zero-order valence-corrected chi connectivity index (χ0v) is 12.7. The van der Waals surface area contributed by atoms with Crippen molar-refractivity contribution < 1.29 is 14.3 Å². The maximum Gasteiger partial charge on any atom is 0.337 e. The van der Waals surface area contributed by atoms with Crippen LogP contribution in [0.1, 0.15) is 29.5 Å². The lowest BCUT2D eigenvalue weighted by atomic mass is 10.1. The van der Waals surface area contributed by atoms with E-state index in [9.17, 15) is 9.90 Å². The molecule has 0 aliphatic carbocycles. The second-order valence-corrected chi connectivity index (χ2v) is 5.57. The van der Waals surface area contributed by atoms with Crippen molar-refractivity contribution in [1.29, 1.82) is 0 Å². The molecule has 1 atom stereocenters. The van der Waals surface area contributed by atoms with Gasteiger partial charge in [0.1, 0.15) is 5.76 Å². The second kappa shape index (κ2) is 6.61. The predicted molar refractivity (Wildman–Crippen MR) is 81.2 cm³/mol. The van der Waals surface area contributed by atoms with Crippen LogP contribution < -0.4 is 5.32 Å². The summed E-state index contributed by atoms with van der Waals surface area (Å²) in [5, 5.41) is 12.4. The molecule has 2 rings (SSSR count). The highest BCUT2D eigenvalue weighted by Gasteiger charge is 2.12. The summed E-state index contributed by atoms with van der Waals surface area (Å²) in [4.78, 5) is 11.2. The first-order valence-corrected chi connectivity index (χ1v) is 7.17. The van der Waals surface area contributed by atoms with Crippen molar-refractivity contribution >= 4 is 27.6 Å². The van der Waals surface area contributed by atoms with E-state index in [2.05, 4.69) is 21.2 Å². The second-order valence-electron chi connectivity index (χ2n) is 4.66. The van der Waals surface area contributed by atoms with Crippen LogP contribution in [0.2, 0.25) is 0 Å². The Morgan fingerprint density at radius 3 is 2.90 bits per heavy atom. The normalized spacial score (nSPS) is 12.1. The molecule has 0 bridgehead atoms. The van der Waals surface area contributed by atoms with E-state index in [1.165, 1.54) is 0 Å². The fourth-order valence-corrected chi connectivity index (χ4v) is 2.33. The molecule has 1 heterocycles. The number of carboxylic acids is 1. The summed E-state index contributed by atoms with van der Waals surface area (Å²) in [6.45, 7) is 2.02. The smallest absolute Gasteiger partial charge is 0.337 e. The SMILES string of the molecule is CC(CCc1ccco1)Nc1cc(Br)ccc1C(=O)O. The third kappa shape index (κ3) is 3.87. The summed E-state index contributed by atoms with van der Waals surface area (Å²) in [6.07, 6.45) is 3.33. The van der Waals surface area contributed by atoms with Gasteiger partial charge in [-0.1, -0.05) is 15.9 Å². The maximum atomic E-state index is 11.2. The van der Waals surface area contributed by atoms with Gasteiger partial charge < -0.3 is 14.8 Å². The number of benzene rings is 1. The number of carboxylic acid groups (broad SMARTS) is 1. The minimum absolute atomic E-state index is 0.146. The molecular weight excluding hydrogens is 322 g/mol. The topological polar surface area (TPSA) is 62.5 Å². The van der Waals surface area contributed by atoms with Crippen molar-refractivity contribution in [2.75, 3.05) is 5.32 Å². The van der Waals surface area contributed by atoms with Crippen molar-refractivity contribution in [3.8, 4) is 0 Å². The summed E-state index contributed by atoms with van der Waals surface area (Å²) in [5.74, 6) is 0.00425. The average Bonchev–Trinajstić information content (AvgIpc) is 2.89. The van der Waals surface area contributed by atoms with Crippen molar-refractivity contribution in [2.45, 2.75) is 25.8 Å². The quantitative estimate of drug-likeness (QED) is 0.830. The first-order valence-electron chi connectivity index (χ1n) is 6.38. The van der Waals surface area contributed by atoms with Crippen LogP contribution in [0.5, 0.6) is 0 Å². The van der Waals surface area contributed by atoms with E-state index in [1.807, 2.05) is 19.1 Å². The van der Waals surface area contributed by atoms with Crippen molar-refractivity contribution in [3.63, 3.8) is 0 Å². The molecule has 0 aliphatic rings. The van der Waals surface area contributed by atoms with E-state index >= 15 is 0 Å². The Hall–Kier alpha value is -1.75. The van der Waals surface area contributed by atoms with Crippen molar-refractivity contribution in [1.82, 2.24) is 0 Å². The van der Waals surface area contributed by atoms with Gasteiger partial charge in [0.25, 0.3) is 0 Å². The number of nitrogens with one attached hydrogen (secondary N) is 1. The molecule has 0 amide bonds. The number of halogens is 1. The molecule has 0 saturated carbocycles. The zero-order valence-electron chi connectivity index (χ0n) is 11.1. The number of hydrogen-bond donors (Lipinski definition) is 2. The van der Waals surface area contributed by atoms with Gasteiger partial charge in [0.2, 0.25) is 0 Å². The van der Waals surface area contributed by atoms with Gasteiger partial charge in [0, 0.05) is 16.9 Å². The number of hydrogen-bond acceptors (Lipinski definition) is 3. The van der Waals surface area contributed by atoms with Gasteiger partial charge in [-0.3, -0.25) is 0 Å². The molecule has 106 valence electrons. The lowest BCUT2D eigenvalue weighted by Crippen LogP contribution is -2.18. The fraction of sp³-hybridized carbons (Fsp3) is 0.267. The van der Waals surface area contributed by atoms with Crippen LogP contribution in [0, 0.1) is 0 Å². The Kier molecular flexibility index (Phi) is 4.84. The van der Waals surface area contributed by atoms with E-state index in [1.54, 1.807) is 24.5 Å². The molecule has 0 saturated heterocycles. The van der Waals surface area contributed by atoms with Gasteiger partial charge >= 0.3 is 5.97 Å². The van der Waals surface area contributed by atoms with Crippen LogP contribution in [-0.2, 0) is 6.42 Å². The molecule has 20 heavy (non-hydrogen) atoms. The summed E-state index contributed by atoms with van der Waals surface area (Å²) in [6, 6.07) is 9.05. The standard InChI is InChI=1S/C15H16BrNO3/c1-10(4-6-12-3-2-8-20-12)17-14-9-11(16)5-7-13(14)15(18)19/h2-3,5,7-10,17H,4,6H2,1H3,(H,18,19). The largest absolute Gasteiger partial charge is 0.478 e. The molecule has 4 nitrogen and oxygen atoms in total. The van der Waals surface area contributed by atoms with Gasteiger partial charge in [0.15, 0.2) is 0 Å². The fourth-order valence-electron chi connectivity index (χ4n) is 1.97. The van der Waals surface area contributed by atoms with Crippen LogP contribution >= 0.6 is 15.9 Å². The van der Waals surface area contributed by atoms with Crippen LogP contribution in [0.4, 0.5) is 5.69 Å². The number of anilines is 1. The minimum atomic E-state index is -0.932. The van der Waals surface area contributed by atoms with Crippen LogP contribution in [0.25, 0.3) is 0 Å². The Labute approximate surface area is 125 Å². The molecule has 2 aromatic rings. The Balaban J connectivity index is 2.01. The molecule has 0 spiro atoms. The van der Waals surface area contributed by atoms with Crippen LogP contribution in [0.3, 0.4) is 0 Å². The van der Waals surface area contributed by atoms with Crippen LogP contribution in [-0.4, -0.2) is 17.1 Å². The lowest BCUT2D eigenvalue weighted by Gasteiger charge is -2.16. The third-order valence-corrected chi connectivity index (χ3v) is 3.51. The molecule has 1 aromatic heterocycles. The van der Waals surface area contributed by atoms with E-state index < -0.39 is 5.97 Å². The van der Waals surface area contributed by atoms with Gasteiger partial charge in [-0.2, -0.15) is 0 Å². The van der Waals surface area contributed by atoms with Gasteiger partial charge in [-0.15, -0.1) is 0 Å². The van der Waals surface area contributed by atoms with Gasteiger partial charge in [-0.05, 0) is 43.7 Å². The number of aryl methyl sites for hydroxylation is 1. The van der Waals surface area contributed by atoms with Crippen molar-refractivity contribution in [3.05, 3.63) is 52.4 Å². The zero-order chi connectivity index (χ0) is 14.5. The average molecular weight is 338 g/mol. The number of rotatable bonds is 6. The maximum absolute atomic E-state index is 11.2. The number of furan rings is 1. The first kappa shape index (κ1) is 14.7. The molecule has 0 fully saturated rings. The highest BCUT2D eigenvalue weighted by Crippen LogP contribution is 2.23. The Bertz CT molecular complexity index is 581. The summed E-state index contributed by atoms with van der Waals surface area (Å²) in [7, 11) is 0. The summed E-state index contributed by atoms with van der Waals surface area (Å²) < 4.78 is 6.14. The van der Waals surface area contributed by atoms with Gasteiger partial charge in [0.05, 0.1) is 17.5 Å². The monoisotopic (exact) mass is 337 g/mol. The molecule has 0 aliphatic heterocycles. The minimum Gasteiger partial charge on any atom is -0.478 e. The van der Waals surface area contributed by atoms with Crippen LogP contribution in [0.15, 0.2) is 45.5 Å². The number of carbonyl (C=O) groups is 1. The Morgan fingerprint density at radius 2 is 2.25 bits per heavy atom. The predicted octanol–water partition coefficient (Wildman–Crippen LogP) is 4.17. The lowest BCUT2D eigenvalue weighted by molar-refractivity contribution is 0.0698. The third-order valence-electron chi connectivity index (χ3n) is 3.02. The molecule has 1 aromatic carbocycles. The van der Waals surface area contributed by atoms with Crippen molar-refractivity contribution in [2.24, 2.45) is 0 Å². The van der Waals surface area contributed by atoms with E-state index in [0.717, 1.165) is 23.1 Å². The highest BCUT2D eigenvalue weighted by atomic mass is 79.9. The van der Waals surface area contributed by atoms with E-state index in [0.29, 0.717) is 5.69 Å². The van der Waals surface area contributed by atoms with E-state index in [4.69, 9.17) is 4.42 Å². The Morgan fingerprint density at radius 1 is 1.45 bits per heavy atom. The first-order chi connectivity index (χ1) is 9.56. The molecule has 5 heteroatoms. The molecular formula is C15H16BrNO3.